The minimum Gasteiger partial charge on any atom is -0.381 e. The average molecular weight is 424 g/mol. The summed E-state index contributed by atoms with van der Waals surface area (Å²) in [7, 11) is 2.19. The number of carbonyl (C=O) groups excluding carboxylic acids is 1. The van der Waals surface area contributed by atoms with Crippen molar-refractivity contribution in [2.45, 2.75) is 31.7 Å². The summed E-state index contributed by atoms with van der Waals surface area (Å²) in [5, 5.41) is 5.37. The molecule has 8 heteroatoms. The number of rotatable bonds is 5. The fourth-order valence-corrected chi connectivity index (χ4v) is 5.06. The first kappa shape index (κ1) is 23.7. The Balaban J connectivity index is 0.00000169. The first-order valence-electron chi connectivity index (χ1n) is 8.96. The normalized spacial score (nSPS) is 25.6. The quantitative estimate of drug-likeness (QED) is 0.763. The molecular weight excluding hydrogens is 393 g/mol. The third-order valence-electron chi connectivity index (χ3n) is 5.69. The van der Waals surface area contributed by atoms with Crippen LogP contribution in [0.4, 0.5) is 0 Å². The Labute approximate surface area is 172 Å². The number of carbonyl (C=O) groups is 1. The van der Waals surface area contributed by atoms with Gasteiger partial charge >= 0.3 is 0 Å². The minimum absolute atomic E-state index is 0. The molecule has 2 saturated heterocycles. The summed E-state index contributed by atoms with van der Waals surface area (Å²) >= 11 is 1.81. The molecule has 1 aromatic rings. The fourth-order valence-electron chi connectivity index (χ4n) is 4.08. The van der Waals surface area contributed by atoms with Crippen LogP contribution in [-0.2, 0) is 9.53 Å². The van der Waals surface area contributed by atoms with Crippen molar-refractivity contribution >= 4 is 42.1 Å². The third-order valence-corrected chi connectivity index (χ3v) is 6.63. The number of halogens is 2. The number of likely N-dealkylation sites (tertiary alicyclic amines) is 1. The molecule has 1 aromatic heterocycles. The Hall–Kier alpha value is -0.370. The molecule has 3 N–H and O–H groups in total. The fraction of sp³-hybridized carbons (Fsp3) is 0.722. The molecule has 2 aliphatic rings. The molecule has 3 heterocycles. The van der Waals surface area contributed by atoms with Crippen LogP contribution in [0.3, 0.4) is 0 Å². The number of hydrogen-bond donors (Lipinski definition) is 2. The highest BCUT2D eigenvalue weighted by Gasteiger charge is 2.39. The van der Waals surface area contributed by atoms with Crippen LogP contribution in [0.1, 0.15) is 36.6 Å². The Morgan fingerprint density at radius 1 is 1.42 bits per heavy atom. The maximum atomic E-state index is 12.8. The molecule has 2 unspecified atom stereocenters. The molecule has 2 aliphatic heterocycles. The summed E-state index contributed by atoms with van der Waals surface area (Å²) in [5.41, 5.74) is 5.52. The van der Waals surface area contributed by atoms with E-state index in [2.05, 4.69) is 34.8 Å². The lowest BCUT2D eigenvalue weighted by Gasteiger charge is -2.40. The van der Waals surface area contributed by atoms with Gasteiger partial charge in [0.25, 0.3) is 0 Å². The number of piperidine rings is 1. The van der Waals surface area contributed by atoms with Crippen molar-refractivity contribution in [1.82, 2.24) is 10.2 Å². The zero-order valence-corrected chi connectivity index (χ0v) is 17.8. The predicted octanol–water partition coefficient (Wildman–Crippen LogP) is 2.85. The van der Waals surface area contributed by atoms with Crippen LogP contribution < -0.4 is 11.1 Å². The summed E-state index contributed by atoms with van der Waals surface area (Å²) in [6.07, 6.45) is 3.81. The van der Waals surface area contributed by atoms with Gasteiger partial charge in [0.15, 0.2) is 0 Å². The molecule has 1 amide bonds. The van der Waals surface area contributed by atoms with Crippen LogP contribution in [0.2, 0.25) is 0 Å². The van der Waals surface area contributed by atoms with Gasteiger partial charge in [-0.15, -0.1) is 36.2 Å². The van der Waals surface area contributed by atoms with Crippen LogP contribution in [-0.4, -0.2) is 50.7 Å². The summed E-state index contributed by atoms with van der Waals surface area (Å²) in [5.74, 6) is 0.576. The van der Waals surface area contributed by atoms with Gasteiger partial charge < -0.3 is 15.8 Å². The Morgan fingerprint density at radius 3 is 2.77 bits per heavy atom. The van der Waals surface area contributed by atoms with E-state index in [0.29, 0.717) is 31.7 Å². The molecule has 0 radical (unpaired) electrons. The van der Waals surface area contributed by atoms with Crippen LogP contribution in [0, 0.1) is 11.3 Å². The van der Waals surface area contributed by atoms with E-state index in [1.165, 1.54) is 11.3 Å². The molecule has 0 aromatic carbocycles. The Morgan fingerprint density at radius 2 is 2.15 bits per heavy atom. The standard InChI is InChI=1S/C18H29N3O2S.2ClH/c1-21-8-2-4-14(16(21)15-5-3-11-24-15)12-20-17(22)18(13-19)6-9-23-10-7-18;;/h3,5,11,14,16H,2,4,6-10,12-13,19H2,1H3,(H,20,22);2*1H. The van der Waals surface area contributed by atoms with E-state index in [4.69, 9.17) is 10.5 Å². The van der Waals surface area contributed by atoms with Crippen molar-refractivity contribution in [2.75, 3.05) is 39.9 Å². The van der Waals surface area contributed by atoms with E-state index in [0.717, 1.165) is 32.4 Å². The molecule has 0 bridgehead atoms. The number of nitrogens with two attached hydrogens (primary N) is 1. The molecule has 0 spiro atoms. The number of hydrogen-bond acceptors (Lipinski definition) is 5. The van der Waals surface area contributed by atoms with Gasteiger partial charge in [0.2, 0.25) is 5.91 Å². The van der Waals surface area contributed by atoms with Gasteiger partial charge in [0, 0.05) is 37.2 Å². The van der Waals surface area contributed by atoms with Gasteiger partial charge in [-0.1, -0.05) is 6.07 Å². The zero-order chi connectivity index (χ0) is 17.0. The second kappa shape index (κ2) is 10.8. The van der Waals surface area contributed by atoms with E-state index < -0.39 is 5.41 Å². The zero-order valence-electron chi connectivity index (χ0n) is 15.3. The van der Waals surface area contributed by atoms with Crippen molar-refractivity contribution in [2.24, 2.45) is 17.1 Å². The molecule has 0 aliphatic carbocycles. The van der Waals surface area contributed by atoms with E-state index in [9.17, 15) is 4.79 Å². The lowest BCUT2D eigenvalue weighted by atomic mass is 9.79. The summed E-state index contributed by atoms with van der Waals surface area (Å²) in [6.45, 7) is 3.52. The van der Waals surface area contributed by atoms with E-state index in [-0.39, 0.29) is 30.7 Å². The maximum absolute atomic E-state index is 12.8. The Bertz CT molecular complexity index is 539. The average Bonchev–Trinajstić information content (AvgIpc) is 3.14. The number of ether oxygens (including phenoxy) is 1. The van der Waals surface area contributed by atoms with E-state index in [1.807, 2.05) is 11.3 Å². The number of nitrogens with one attached hydrogen (secondary N) is 1. The molecule has 2 fully saturated rings. The smallest absolute Gasteiger partial charge is 0.227 e. The van der Waals surface area contributed by atoms with Crippen LogP contribution in [0.5, 0.6) is 0 Å². The first-order valence-corrected chi connectivity index (χ1v) is 9.84. The van der Waals surface area contributed by atoms with Crippen molar-refractivity contribution in [1.29, 1.82) is 0 Å². The van der Waals surface area contributed by atoms with Crippen LogP contribution in [0.15, 0.2) is 17.5 Å². The second-order valence-corrected chi connectivity index (χ2v) is 8.13. The SMILES string of the molecule is CN1CCCC(CNC(=O)C2(CN)CCOCC2)C1c1cccs1.Cl.Cl. The number of amides is 1. The Kier molecular flexibility index (Phi) is 9.86. The second-order valence-electron chi connectivity index (χ2n) is 7.15. The first-order chi connectivity index (χ1) is 11.7. The van der Waals surface area contributed by atoms with Crippen molar-refractivity contribution in [3.8, 4) is 0 Å². The largest absolute Gasteiger partial charge is 0.381 e. The highest BCUT2D eigenvalue weighted by atomic mass is 35.5. The molecule has 26 heavy (non-hydrogen) atoms. The van der Waals surface area contributed by atoms with Gasteiger partial charge in [-0.3, -0.25) is 9.69 Å². The molecule has 0 saturated carbocycles. The predicted molar refractivity (Wildman–Crippen MR) is 111 cm³/mol. The molecule has 5 nitrogen and oxygen atoms in total. The minimum atomic E-state index is -0.433. The maximum Gasteiger partial charge on any atom is 0.227 e. The molecular formula is C18H31Cl2N3O2S. The topological polar surface area (TPSA) is 67.6 Å². The third kappa shape index (κ3) is 5.12. The number of thiophene rings is 1. The van der Waals surface area contributed by atoms with Gasteiger partial charge in [-0.25, -0.2) is 0 Å². The summed E-state index contributed by atoms with van der Waals surface area (Å²) in [4.78, 5) is 16.6. The van der Waals surface area contributed by atoms with E-state index in [1.54, 1.807) is 0 Å². The highest BCUT2D eigenvalue weighted by molar-refractivity contribution is 7.10. The van der Waals surface area contributed by atoms with Crippen molar-refractivity contribution in [3.63, 3.8) is 0 Å². The van der Waals surface area contributed by atoms with Crippen LogP contribution >= 0.6 is 36.2 Å². The molecule has 3 rings (SSSR count). The lowest BCUT2D eigenvalue weighted by molar-refractivity contribution is -0.136. The summed E-state index contributed by atoms with van der Waals surface area (Å²) < 4.78 is 5.41. The van der Waals surface area contributed by atoms with Crippen molar-refractivity contribution < 1.29 is 9.53 Å². The highest BCUT2D eigenvalue weighted by Crippen LogP contribution is 2.37. The summed E-state index contributed by atoms with van der Waals surface area (Å²) in [6, 6.07) is 4.73. The van der Waals surface area contributed by atoms with Gasteiger partial charge in [-0.2, -0.15) is 0 Å². The van der Waals surface area contributed by atoms with Gasteiger partial charge in [0.1, 0.15) is 0 Å². The van der Waals surface area contributed by atoms with Gasteiger partial charge in [-0.05, 0) is 56.6 Å². The van der Waals surface area contributed by atoms with Gasteiger partial charge in [0.05, 0.1) is 5.41 Å². The molecule has 2 atom stereocenters. The molecule has 150 valence electrons. The van der Waals surface area contributed by atoms with E-state index >= 15 is 0 Å². The number of nitrogens with zero attached hydrogens (tertiary/aromatic N) is 1. The lowest BCUT2D eigenvalue weighted by Crippen LogP contribution is -2.51. The van der Waals surface area contributed by atoms with Crippen LogP contribution in [0.25, 0.3) is 0 Å². The van der Waals surface area contributed by atoms with Crippen molar-refractivity contribution in [3.05, 3.63) is 22.4 Å². The monoisotopic (exact) mass is 423 g/mol.